The SMILES string of the molecule is O=C(NCc1ccc(Cl)s1)c1ccnc(C(=O)O)c1. The minimum atomic E-state index is -1.17. The summed E-state index contributed by atoms with van der Waals surface area (Å²) >= 11 is 7.16. The second-order valence-corrected chi connectivity index (χ2v) is 5.42. The Hall–Kier alpha value is -1.92. The molecular weight excluding hydrogens is 288 g/mol. The number of carboxylic acids is 1. The second kappa shape index (κ2) is 5.81. The molecule has 0 unspecified atom stereocenters. The fraction of sp³-hybridized carbons (Fsp3) is 0.0833. The van der Waals surface area contributed by atoms with Gasteiger partial charge in [0, 0.05) is 16.6 Å². The highest BCUT2D eigenvalue weighted by molar-refractivity contribution is 7.16. The number of nitrogens with zero attached hydrogens (tertiary/aromatic N) is 1. The third kappa shape index (κ3) is 3.52. The molecule has 0 aliphatic heterocycles. The molecule has 0 aliphatic carbocycles. The van der Waals surface area contributed by atoms with E-state index in [4.69, 9.17) is 16.7 Å². The summed E-state index contributed by atoms with van der Waals surface area (Å²) in [6.07, 6.45) is 1.29. The van der Waals surface area contributed by atoms with E-state index in [0.717, 1.165) is 4.88 Å². The van der Waals surface area contributed by atoms with Crippen LogP contribution >= 0.6 is 22.9 Å². The van der Waals surface area contributed by atoms with Gasteiger partial charge in [0.2, 0.25) is 0 Å². The number of carboxylic acid groups (broad SMARTS) is 1. The van der Waals surface area contributed by atoms with Crippen molar-refractivity contribution in [3.63, 3.8) is 0 Å². The molecule has 2 aromatic rings. The predicted octanol–water partition coefficient (Wildman–Crippen LogP) is 2.42. The molecule has 2 aromatic heterocycles. The normalized spacial score (nSPS) is 10.2. The molecule has 0 radical (unpaired) electrons. The molecule has 2 heterocycles. The van der Waals surface area contributed by atoms with Crippen molar-refractivity contribution in [3.05, 3.63) is 50.9 Å². The van der Waals surface area contributed by atoms with Crippen LogP contribution in [0.1, 0.15) is 25.7 Å². The van der Waals surface area contributed by atoms with Crippen LogP contribution in [-0.4, -0.2) is 22.0 Å². The number of hydrogen-bond donors (Lipinski definition) is 2. The molecule has 0 saturated heterocycles. The van der Waals surface area contributed by atoms with Crippen LogP contribution in [0.5, 0.6) is 0 Å². The monoisotopic (exact) mass is 296 g/mol. The van der Waals surface area contributed by atoms with Gasteiger partial charge in [-0.3, -0.25) is 4.79 Å². The Bertz CT molecular complexity index is 627. The lowest BCUT2D eigenvalue weighted by Gasteiger charge is -2.04. The number of carbonyl (C=O) groups is 2. The summed E-state index contributed by atoms with van der Waals surface area (Å²) in [5.74, 6) is -1.52. The van der Waals surface area contributed by atoms with E-state index in [-0.39, 0.29) is 17.2 Å². The second-order valence-electron chi connectivity index (χ2n) is 3.62. The van der Waals surface area contributed by atoms with Crippen LogP contribution in [0.4, 0.5) is 0 Å². The molecule has 0 spiro atoms. The van der Waals surface area contributed by atoms with Crippen molar-refractivity contribution in [3.8, 4) is 0 Å². The molecule has 0 bridgehead atoms. The van der Waals surface area contributed by atoms with Crippen molar-refractivity contribution in [2.75, 3.05) is 0 Å². The maximum atomic E-state index is 11.8. The summed E-state index contributed by atoms with van der Waals surface area (Å²) in [5, 5.41) is 11.5. The van der Waals surface area contributed by atoms with Gasteiger partial charge in [0.25, 0.3) is 5.91 Å². The third-order valence-corrected chi connectivity index (χ3v) is 3.52. The minimum Gasteiger partial charge on any atom is -0.477 e. The molecule has 98 valence electrons. The average Bonchev–Trinajstić information content (AvgIpc) is 2.82. The molecule has 2 N–H and O–H groups in total. The van der Waals surface area contributed by atoms with Crippen molar-refractivity contribution in [2.24, 2.45) is 0 Å². The third-order valence-electron chi connectivity index (χ3n) is 2.29. The summed E-state index contributed by atoms with van der Waals surface area (Å²) in [7, 11) is 0. The van der Waals surface area contributed by atoms with Crippen molar-refractivity contribution < 1.29 is 14.7 Å². The van der Waals surface area contributed by atoms with E-state index >= 15 is 0 Å². The molecule has 0 atom stereocenters. The maximum Gasteiger partial charge on any atom is 0.354 e. The molecular formula is C12H9ClN2O3S. The Kier molecular flexibility index (Phi) is 4.13. The highest BCUT2D eigenvalue weighted by atomic mass is 35.5. The highest BCUT2D eigenvalue weighted by Crippen LogP contribution is 2.21. The lowest BCUT2D eigenvalue weighted by molar-refractivity contribution is 0.0690. The first-order valence-electron chi connectivity index (χ1n) is 5.28. The van der Waals surface area contributed by atoms with Crippen LogP contribution < -0.4 is 5.32 Å². The maximum absolute atomic E-state index is 11.8. The van der Waals surface area contributed by atoms with Crippen LogP contribution in [0.25, 0.3) is 0 Å². The van der Waals surface area contributed by atoms with Gasteiger partial charge in [0.05, 0.1) is 10.9 Å². The van der Waals surface area contributed by atoms with Crippen molar-refractivity contribution in [1.82, 2.24) is 10.3 Å². The van der Waals surface area contributed by atoms with Gasteiger partial charge in [0.15, 0.2) is 0 Å². The molecule has 1 amide bonds. The topological polar surface area (TPSA) is 79.3 Å². The van der Waals surface area contributed by atoms with Gasteiger partial charge >= 0.3 is 5.97 Å². The van der Waals surface area contributed by atoms with Gasteiger partial charge in [-0.2, -0.15) is 0 Å². The summed E-state index contributed by atoms with van der Waals surface area (Å²) < 4.78 is 0.654. The van der Waals surface area contributed by atoms with Gasteiger partial charge < -0.3 is 10.4 Å². The van der Waals surface area contributed by atoms with E-state index in [1.54, 1.807) is 6.07 Å². The number of thiophene rings is 1. The first-order chi connectivity index (χ1) is 9.06. The molecule has 0 aliphatic rings. The number of pyridine rings is 1. The van der Waals surface area contributed by atoms with Gasteiger partial charge in [-0.15, -0.1) is 11.3 Å². The number of nitrogens with one attached hydrogen (secondary N) is 1. The van der Waals surface area contributed by atoms with Gasteiger partial charge in [-0.05, 0) is 24.3 Å². The van der Waals surface area contributed by atoms with Crippen molar-refractivity contribution in [1.29, 1.82) is 0 Å². The summed E-state index contributed by atoms with van der Waals surface area (Å²) in [4.78, 5) is 27.2. The van der Waals surface area contributed by atoms with E-state index in [9.17, 15) is 9.59 Å². The fourth-order valence-corrected chi connectivity index (χ4v) is 2.43. The standard InChI is InChI=1S/C12H9ClN2O3S/c13-10-2-1-8(19-10)6-15-11(16)7-3-4-14-9(5-7)12(17)18/h1-5H,6H2,(H,15,16)(H,17,18). The summed E-state index contributed by atoms with van der Waals surface area (Å²) in [5.41, 5.74) is 0.0990. The lowest BCUT2D eigenvalue weighted by Crippen LogP contribution is -2.22. The minimum absolute atomic E-state index is 0.160. The van der Waals surface area contributed by atoms with Crippen LogP contribution in [0, 0.1) is 0 Å². The number of carbonyl (C=O) groups excluding carboxylic acids is 1. The van der Waals surface area contributed by atoms with Gasteiger partial charge in [0.1, 0.15) is 5.69 Å². The molecule has 0 saturated carbocycles. The zero-order valence-corrected chi connectivity index (χ0v) is 11.2. The fourth-order valence-electron chi connectivity index (χ4n) is 1.40. The smallest absolute Gasteiger partial charge is 0.354 e. The molecule has 2 rings (SSSR count). The molecule has 5 nitrogen and oxygen atoms in total. The van der Waals surface area contributed by atoms with E-state index in [1.807, 2.05) is 6.07 Å². The number of rotatable bonds is 4. The largest absolute Gasteiger partial charge is 0.477 e. The van der Waals surface area contributed by atoms with Crippen molar-refractivity contribution in [2.45, 2.75) is 6.54 Å². The number of hydrogen-bond acceptors (Lipinski definition) is 4. The Morgan fingerprint density at radius 1 is 1.37 bits per heavy atom. The zero-order valence-electron chi connectivity index (χ0n) is 9.59. The number of aromatic carboxylic acids is 1. The number of amides is 1. The summed E-state index contributed by atoms with van der Waals surface area (Å²) in [6, 6.07) is 6.27. The highest BCUT2D eigenvalue weighted by Gasteiger charge is 2.10. The van der Waals surface area contributed by atoms with Crippen LogP contribution in [-0.2, 0) is 6.54 Å². The van der Waals surface area contributed by atoms with E-state index < -0.39 is 5.97 Å². The molecule has 0 fully saturated rings. The molecule has 7 heteroatoms. The van der Waals surface area contributed by atoms with E-state index in [2.05, 4.69) is 10.3 Å². The Morgan fingerprint density at radius 2 is 2.16 bits per heavy atom. The Labute approximate surface area is 117 Å². The Balaban J connectivity index is 2.03. The quantitative estimate of drug-likeness (QED) is 0.908. The number of aromatic nitrogens is 1. The van der Waals surface area contributed by atoms with Gasteiger partial charge in [-0.1, -0.05) is 11.6 Å². The van der Waals surface area contributed by atoms with Crippen molar-refractivity contribution >= 4 is 34.8 Å². The zero-order chi connectivity index (χ0) is 13.8. The molecule has 19 heavy (non-hydrogen) atoms. The lowest BCUT2D eigenvalue weighted by atomic mass is 10.2. The van der Waals surface area contributed by atoms with Crippen LogP contribution in [0.2, 0.25) is 4.34 Å². The number of halogens is 1. The van der Waals surface area contributed by atoms with Crippen LogP contribution in [0.3, 0.4) is 0 Å². The van der Waals surface area contributed by atoms with Crippen LogP contribution in [0.15, 0.2) is 30.5 Å². The van der Waals surface area contributed by atoms with E-state index in [0.29, 0.717) is 10.9 Å². The average molecular weight is 297 g/mol. The summed E-state index contributed by atoms with van der Waals surface area (Å²) in [6.45, 7) is 0.348. The Morgan fingerprint density at radius 3 is 2.79 bits per heavy atom. The first-order valence-corrected chi connectivity index (χ1v) is 6.47. The van der Waals surface area contributed by atoms with Gasteiger partial charge in [-0.25, -0.2) is 9.78 Å². The molecule has 0 aromatic carbocycles. The first kappa shape index (κ1) is 13.5. The predicted molar refractivity (Wildman–Crippen MR) is 71.7 cm³/mol. The van der Waals surface area contributed by atoms with E-state index in [1.165, 1.54) is 29.7 Å².